The van der Waals surface area contributed by atoms with Gasteiger partial charge in [-0.1, -0.05) is 27.5 Å². The van der Waals surface area contributed by atoms with Crippen LogP contribution in [-0.4, -0.2) is 44.3 Å². The van der Waals surface area contributed by atoms with Gasteiger partial charge in [-0.05, 0) is 49.8 Å². The van der Waals surface area contributed by atoms with Crippen LogP contribution in [0.4, 0.5) is 0 Å². The third kappa shape index (κ3) is 5.07. The van der Waals surface area contributed by atoms with Crippen molar-refractivity contribution < 1.29 is 9.15 Å². The molecule has 0 atom stereocenters. The van der Waals surface area contributed by atoms with Crippen molar-refractivity contribution in [1.29, 1.82) is 0 Å². The molecule has 0 amide bonds. The standard InChI is InChI=1S/C18H22BrClN2O2/c19-14-2-4-16(17(20)12-14)18-5-3-15(24-18)13-21-6-1-7-22-8-10-23-11-9-22/h2-5,12,21H,1,6-11,13H2. The zero-order valence-electron chi connectivity index (χ0n) is 13.6. The normalized spacial score (nSPS) is 15.8. The average molecular weight is 414 g/mol. The predicted octanol–water partition coefficient (Wildman–Crippen LogP) is 4.17. The molecular formula is C18H22BrClN2O2. The van der Waals surface area contributed by atoms with Crippen LogP contribution in [0.15, 0.2) is 39.2 Å². The highest BCUT2D eigenvalue weighted by Crippen LogP contribution is 2.31. The summed E-state index contributed by atoms with van der Waals surface area (Å²) in [7, 11) is 0. The second-order valence-corrected chi connectivity index (χ2v) is 7.20. The number of nitrogens with zero attached hydrogens (tertiary/aromatic N) is 1. The van der Waals surface area contributed by atoms with Crippen LogP contribution < -0.4 is 5.32 Å². The summed E-state index contributed by atoms with van der Waals surface area (Å²) in [6.45, 7) is 6.66. The van der Waals surface area contributed by atoms with Gasteiger partial charge >= 0.3 is 0 Å². The molecule has 1 N–H and O–H groups in total. The van der Waals surface area contributed by atoms with Crippen LogP contribution in [0.25, 0.3) is 11.3 Å². The summed E-state index contributed by atoms with van der Waals surface area (Å²) in [5, 5.41) is 4.12. The number of nitrogens with one attached hydrogen (secondary N) is 1. The number of morpholine rings is 1. The Labute approximate surface area is 156 Å². The number of halogens is 2. The average Bonchev–Trinajstić information content (AvgIpc) is 3.04. The van der Waals surface area contributed by atoms with E-state index in [4.69, 9.17) is 20.8 Å². The van der Waals surface area contributed by atoms with Crippen molar-refractivity contribution in [2.75, 3.05) is 39.4 Å². The number of rotatable bonds is 7. The second kappa shape index (κ2) is 9.02. The fraction of sp³-hybridized carbons (Fsp3) is 0.444. The minimum absolute atomic E-state index is 0.684. The summed E-state index contributed by atoms with van der Waals surface area (Å²) in [5.74, 6) is 1.73. The van der Waals surface area contributed by atoms with Crippen LogP contribution in [0.1, 0.15) is 12.2 Å². The maximum Gasteiger partial charge on any atom is 0.135 e. The van der Waals surface area contributed by atoms with Crippen molar-refractivity contribution in [1.82, 2.24) is 10.2 Å². The Kier molecular flexibility index (Phi) is 6.75. The molecular weight excluding hydrogens is 392 g/mol. The molecule has 1 aromatic heterocycles. The van der Waals surface area contributed by atoms with Crippen molar-refractivity contribution >= 4 is 27.5 Å². The number of ether oxygens (including phenoxy) is 1. The Bertz CT molecular complexity index is 656. The van der Waals surface area contributed by atoms with Gasteiger partial charge in [0.2, 0.25) is 0 Å². The smallest absolute Gasteiger partial charge is 0.135 e. The van der Waals surface area contributed by atoms with Gasteiger partial charge in [-0.3, -0.25) is 4.90 Å². The summed E-state index contributed by atoms with van der Waals surface area (Å²) < 4.78 is 12.2. The summed E-state index contributed by atoms with van der Waals surface area (Å²) >= 11 is 9.69. The third-order valence-electron chi connectivity index (χ3n) is 4.09. The third-order valence-corrected chi connectivity index (χ3v) is 4.90. The Morgan fingerprint density at radius 1 is 1.17 bits per heavy atom. The van der Waals surface area contributed by atoms with Crippen LogP contribution in [0.5, 0.6) is 0 Å². The molecule has 1 fully saturated rings. The Balaban J connectivity index is 1.42. The fourth-order valence-electron chi connectivity index (χ4n) is 2.77. The predicted molar refractivity (Wildman–Crippen MR) is 100 cm³/mol. The number of benzene rings is 1. The van der Waals surface area contributed by atoms with E-state index in [9.17, 15) is 0 Å². The SMILES string of the molecule is Clc1cc(Br)ccc1-c1ccc(CNCCCN2CCOCC2)o1. The van der Waals surface area contributed by atoms with Crippen molar-refractivity contribution in [3.05, 3.63) is 45.6 Å². The molecule has 130 valence electrons. The van der Waals surface area contributed by atoms with Crippen LogP contribution in [-0.2, 0) is 11.3 Å². The maximum absolute atomic E-state index is 6.27. The molecule has 4 nitrogen and oxygen atoms in total. The molecule has 24 heavy (non-hydrogen) atoms. The lowest BCUT2D eigenvalue weighted by Crippen LogP contribution is -2.37. The summed E-state index contributed by atoms with van der Waals surface area (Å²) in [4.78, 5) is 2.45. The van der Waals surface area contributed by atoms with Gasteiger partial charge < -0.3 is 14.5 Å². The maximum atomic E-state index is 6.27. The Morgan fingerprint density at radius 2 is 2.00 bits per heavy atom. The van der Waals surface area contributed by atoms with Gasteiger partial charge in [0.15, 0.2) is 0 Å². The highest BCUT2D eigenvalue weighted by atomic mass is 79.9. The topological polar surface area (TPSA) is 37.6 Å². The molecule has 1 aromatic carbocycles. The summed E-state index contributed by atoms with van der Waals surface area (Å²) in [6.07, 6.45) is 1.13. The molecule has 0 radical (unpaired) electrons. The van der Waals surface area contributed by atoms with Crippen molar-refractivity contribution in [2.24, 2.45) is 0 Å². The van der Waals surface area contributed by atoms with Gasteiger partial charge in [0.05, 0.1) is 24.8 Å². The summed E-state index contributed by atoms with van der Waals surface area (Å²) in [5.41, 5.74) is 0.915. The van der Waals surface area contributed by atoms with Gasteiger partial charge in [-0.15, -0.1) is 0 Å². The minimum atomic E-state index is 0.684. The lowest BCUT2D eigenvalue weighted by Gasteiger charge is -2.26. The van der Waals surface area contributed by atoms with Crippen LogP contribution in [0, 0.1) is 0 Å². The first-order valence-electron chi connectivity index (χ1n) is 8.27. The van der Waals surface area contributed by atoms with E-state index in [-0.39, 0.29) is 0 Å². The molecule has 3 rings (SSSR count). The zero-order chi connectivity index (χ0) is 16.8. The minimum Gasteiger partial charge on any atom is -0.460 e. The van der Waals surface area contributed by atoms with Crippen LogP contribution >= 0.6 is 27.5 Å². The number of hydrogen-bond acceptors (Lipinski definition) is 4. The second-order valence-electron chi connectivity index (χ2n) is 5.87. The van der Waals surface area contributed by atoms with E-state index in [1.54, 1.807) is 0 Å². The number of hydrogen-bond donors (Lipinski definition) is 1. The fourth-order valence-corrected chi connectivity index (χ4v) is 3.54. The van der Waals surface area contributed by atoms with Crippen molar-refractivity contribution in [3.8, 4) is 11.3 Å². The summed E-state index contributed by atoms with van der Waals surface area (Å²) in [6, 6.07) is 9.78. The van der Waals surface area contributed by atoms with Gasteiger partial charge in [0, 0.05) is 23.1 Å². The van der Waals surface area contributed by atoms with Gasteiger partial charge in [-0.2, -0.15) is 0 Å². The lowest BCUT2D eigenvalue weighted by molar-refractivity contribution is 0.0374. The van der Waals surface area contributed by atoms with E-state index < -0.39 is 0 Å². The molecule has 0 bridgehead atoms. The molecule has 1 aliphatic heterocycles. The van der Waals surface area contributed by atoms with Crippen molar-refractivity contribution in [2.45, 2.75) is 13.0 Å². The van der Waals surface area contributed by atoms with E-state index >= 15 is 0 Å². The van der Waals surface area contributed by atoms with E-state index in [2.05, 4.69) is 26.1 Å². The Morgan fingerprint density at radius 3 is 2.79 bits per heavy atom. The first-order valence-corrected chi connectivity index (χ1v) is 9.44. The molecule has 1 aliphatic rings. The first-order chi connectivity index (χ1) is 11.7. The van der Waals surface area contributed by atoms with Crippen LogP contribution in [0.2, 0.25) is 5.02 Å². The molecule has 2 heterocycles. The Hall–Kier alpha value is -0.850. The van der Waals surface area contributed by atoms with E-state index in [1.807, 2.05) is 30.3 Å². The highest BCUT2D eigenvalue weighted by molar-refractivity contribution is 9.10. The lowest BCUT2D eigenvalue weighted by atomic mass is 10.2. The van der Waals surface area contributed by atoms with E-state index in [1.165, 1.54) is 0 Å². The monoisotopic (exact) mass is 412 g/mol. The molecule has 0 spiro atoms. The van der Waals surface area contributed by atoms with Gasteiger partial charge in [0.25, 0.3) is 0 Å². The highest BCUT2D eigenvalue weighted by Gasteiger charge is 2.10. The van der Waals surface area contributed by atoms with Crippen LogP contribution in [0.3, 0.4) is 0 Å². The van der Waals surface area contributed by atoms with Gasteiger partial charge in [0.1, 0.15) is 11.5 Å². The molecule has 2 aromatic rings. The van der Waals surface area contributed by atoms with E-state index in [0.29, 0.717) is 5.02 Å². The molecule has 6 heteroatoms. The largest absolute Gasteiger partial charge is 0.460 e. The number of furan rings is 1. The van der Waals surface area contributed by atoms with E-state index in [0.717, 1.165) is 73.9 Å². The zero-order valence-corrected chi connectivity index (χ0v) is 15.9. The molecule has 0 aliphatic carbocycles. The molecule has 1 saturated heterocycles. The first kappa shape index (κ1) is 18.0. The molecule has 0 saturated carbocycles. The van der Waals surface area contributed by atoms with Gasteiger partial charge in [-0.25, -0.2) is 0 Å². The quantitative estimate of drug-likeness (QED) is 0.691. The van der Waals surface area contributed by atoms with Crippen molar-refractivity contribution in [3.63, 3.8) is 0 Å². The molecule has 0 unspecified atom stereocenters.